The van der Waals surface area contributed by atoms with Gasteiger partial charge in [0.1, 0.15) is 13.2 Å². The molecule has 0 radical (unpaired) electrons. The van der Waals surface area contributed by atoms with Gasteiger partial charge in [-0.2, -0.15) is 0 Å². The maximum atomic E-state index is 12.3. The van der Waals surface area contributed by atoms with Gasteiger partial charge in [0.2, 0.25) is 5.91 Å². The van der Waals surface area contributed by atoms with E-state index < -0.39 is 6.09 Å². The highest BCUT2D eigenvalue weighted by molar-refractivity contribution is 5.96. The van der Waals surface area contributed by atoms with Crippen molar-refractivity contribution in [2.24, 2.45) is 0 Å². The van der Waals surface area contributed by atoms with Crippen LogP contribution < -0.4 is 4.90 Å². The zero-order valence-electron chi connectivity index (χ0n) is 11.3. The first kappa shape index (κ1) is 13.4. The van der Waals surface area contributed by atoms with E-state index in [0.717, 1.165) is 11.3 Å². The van der Waals surface area contributed by atoms with E-state index in [4.69, 9.17) is 4.74 Å². The quantitative estimate of drug-likeness (QED) is 0.831. The van der Waals surface area contributed by atoms with Crippen LogP contribution in [-0.2, 0) is 9.53 Å². The van der Waals surface area contributed by atoms with Gasteiger partial charge < -0.3 is 9.64 Å². The summed E-state index contributed by atoms with van der Waals surface area (Å²) >= 11 is 0. The molecule has 0 N–H and O–H groups in total. The summed E-state index contributed by atoms with van der Waals surface area (Å²) in [4.78, 5) is 26.7. The van der Waals surface area contributed by atoms with Crippen molar-refractivity contribution >= 4 is 17.7 Å². The fourth-order valence-electron chi connectivity index (χ4n) is 2.12. The monoisotopic (exact) mass is 262 g/mol. The van der Waals surface area contributed by atoms with E-state index in [9.17, 15) is 9.59 Å². The molecule has 0 saturated carbocycles. The number of aryl methyl sites for hydroxylation is 1. The zero-order chi connectivity index (χ0) is 13.8. The molecule has 1 saturated heterocycles. The molecule has 0 atom stereocenters. The summed E-state index contributed by atoms with van der Waals surface area (Å²) in [6.45, 7) is 5.40. The van der Waals surface area contributed by atoms with E-state index in [-0.39, 0.29) is 12.5 Å². The van der Waals surface area contributed by atoms with E-state index in [1.807, 2.05) is 38.1 Å². The first-order chi connectivity index (χ1) is 9.11. The molecule has 0 spiro atoms. The minimum Gasteiger partial charge on any atom is -0.448 e. The number of anilines is 1. The molecule has 1 aromatic rings. The van der Waals surface area contributed by atoms with Gasteiger partial charge in [0.15, 0.2) is 0 Å². The molecular weight excluding hydrogens is 244 g/mol. The lowest BCUT2D eigenvalue weighted by molar-refractivity contribution is -0.119. The van der Waals surface area contributed by atoms with Gasteiger partial charge in [-0.25, -0.2) is 4.79 Å². The molecular formula is C14H18N2O3. The highest BCUT2D eigenvalue weighted by atomic mass is 16.6. The molecule has 1 aliphatic heterocycles. The van der Waals surface area contributed by atoms with Gasteiger partial charge in [-0.15, -0.1) is 0 Å². The van der Waals surface area contributed by atoms with Gasteiger partial charge in [-0.1, -0.05) is 12.1 Å². The van der Waals surface area contributed by atoms with Gasteiger partial charge in [-0.05, 0) is 31.5 Å². The number of nitrogens with zero attached hydrogens (tertiary/aromatic N) is 2. The highest BCUT2D eigenvalue weighted by Crippen LogP contribution is 2.16. The number of amides is 2. The lowest BCUT2D eigenvalue weighted by atomic mass is 10.2. The first-order valence-electron chi connectivity index (χ1n) is 6.40. The van der Waals surface area contributed by atoms with E-state index in [2.05, 4.69) is 0 Å². The number of benzene rings is 1. The summed E-state index contributed by atoms with van der Waals surface area (Å²) in [7, 11) is 0. The van der Waals surface area contributed by atoms with Crippen molar-refractivity contribution in [2.75, 3.05) is 31.1 Å². The van der Waals surface area contributed by atoms with Crippen molar-refractivity contribution in [2.45, 2.75) is 13.8 Å². The lowest BCUT2D eigenvalue weighted by Gasteiger charge is -2.23. The fourth-order valence-corrected chi connectivity index (χ4v) is 2.12. The second-order valence-electron chi connectivity index (χ2n) is 4.51. The Hall–Kier alpha value is -2.04. The molecule has 2 rings (SSSR count). The molecule has 0 unspecified atom stereocenters. The van der Waals surface area contributed by atoms with Crippen LogP contribution in [0, 0.1) is 6.92 Å². The highest BCUT2D eigenvalue weighted by Gasteiger charge is 2.26. The molecule has 0 bridgehead atoms. The van der Waals surface area contributed by atoms with Crippen LogP contribution in [0.1, 0.15) is 12.5 Å². The number of carbonyl (C=O) groups is 2. The average molecular weight is 262 g/mol. The van der Waals surface area contributed by atoms with Crippen molar-refractivity contribution in [3.05, 3.63) is 29.8 Å². The minimum atomic E-state index is -0.409. The van der Waals surface area contributed by atoms with Crippen LogP contribution in [0.2, 0.25) is 0 Å². The van der Waals surface area contributed by atoms with Gasteiger partial charge in [-0.3, -0.25) is 9.69 Å². The smallest absolute Gasteiger partial charge is 0.410 e. The number of ether oxygens (including phenoxy) is 1. The number of hydrogen-bond acceptors (Lipinski definition) is 3. The molecule has 5 heteroatoms. The molecule has 5 nitrogen and oxygen atoms in total. The largest absolute Gasteiger partial charge is 0.448 e. The summed E-state index contributed by atoms with van der Waals surface area (Å²) in [6, 6.07) is 7.77. The van der Waals surface area contributed by atoms with Gasteiger partial charge in [0.25, 0.3) is 0 Å². The summed E-state index contributed by atoms with van der Waals surface area (Å²) in [5, 5.41) is 0. The average Bonchev–Trinajstić information content (AvgIpc) is 2.76. The topological polar surface area (TPSA) is 49.9 Å². The SMILES string of the molecule is CCN(C(=O)CN1CCOC1=O)c1cccc(C)c1. The normalized spacial score (nSPS) is 14.4. The Morgan fingerprint density at radius 3 is 2.84 bits per heavy atom. The molecule has 1 heterocycles. The second-order valence-corrected chi connectivity index (χ2v) is 4.51. The first-order valence-corrected chi connectivity index (χ1v) is 6.40. The van der Waals surface area contributed by atoms with Crippen molar-refractivity contribution in [1.82, 2.24) is 4.90 Å². The Morgan fingerprint density at radius 2 is 2.26 bits per heavy atom. The van der Waals surface area contributed by atoms with Crippen molar-refractivity contribution in [3.8, 4) is 0 Å². The maximum absolute atomic E-state index is 12.3. The predicted octanol–water partition coefficient (Wildman–Crippen LogP) is 1.80. The molecule has 1 aliphatic rings. The summed E-state index contributed by atoms with van der Waals surface area (Å²) < 4.78 is 4.82. The molecule has 19 heavy (non-hydrogen) atoms. The number of hydrogen-bond donors (Lipinski definition) is 0. The Kier molecular flexibility index (Phi) is 4.04. The van der Waals surface area contributed by atoms with Crippen LogP contribution in [0.4, 0.5) is 10.5 Å². The lowest BCUT2D eigenvalue weighted by Crippen LogP contribution is -2.40. The van der Waals surface area contributed by atoms with Crippen molar-refractivity contribution in [3.63, 3.8) is 0 Å². The summed E-state index contributed by atoms with van der Waals surface area (Å²) in [5.74, 6) is -0.0908. The third-order valence-electron chi connectivity index (χ3n) is 3.10. The molecule has 1 fully saturated rings. The van der Waals surface area contributed by atoms with Crippen LogP contribution in [0.15, 0.2) is 24.3 Å². The Balaban J connectivity index is 2.09. The van der Waals surface area contributed by atoms with Crippen LogP contribution in [0.3, 0.4) is 0 Å². The molecule has 102 valence electrons. The van der Waals surface area contributed by atoms with Crippen LogP contribution in [0.25, 0.3) is 0 Å². The van der Waals surface area contributed by atoms with E-state index >= 15 is 0 Å². The Morgan fingerprint density at radius 1 is 1.47 bits per heavy atom. The molecule has 2 amide bonds. The minimum absolute atomic E-state index is 0.0701. The third kappa shape index (κ3) is 3.05. The van der Waals surface area contributed by atoms with E-state index in [1.54, 1.807) is 4.90 Å². The van der Waals surface area contributed by atoms with Gasteiger partial charge >= 0.3 is 6.09 Å². The summed E-state index contributed by atoms with van der Waals surface area (Å²) in [5.41, 5.74) is 1.96. The molecule has 0 aromatic heterocycles. The number of likely N-dealkylation sites (N-methyl/N-ethyl adjacent to an activating group) is 1. The van der Waals surface area contributed by atoms with Crippen molar-refractivity contribution in [1.29, 1.82) is 0 Å². The Labute approximate surface area is 112 Å². The second kappa shape index (κ2) is 5.73. The van der Waals surface area contributed by atoms with E-state index in [0.29, 0.717) is 19.7 Å². The van der Waals surface area contributed by atoms with Crippen LogP contribution >= 0.6 is 0 Å². The maximum Gasteiger partial charge on any atom is 0.410 e. The zero-order valence-corrected chi connectivity index (χ0v) is 11.3. The number of cyclic esters (lactones) is 1. The molecule has 0 aliphatic carbocycles. The number of rotatable bonds is 4. The standard InChI is InChI=1S/C14H18N2O3/c1-3-16(12-6-4-5-11(2)9-12)13(17)10-15-7-8-19-14(15)18/h4-6,9H,3,7-8,10H2,1-2H3. The third-order valence-corrected chi connectivity index (χ3v) is 3.10. The van der Waals surface area contributed by atoms with Gasteiger partial charge in [0, 0.05) is 12.2 Å². The predicted molar refractivity (Wildman–Crippen MR) is 72.1 cm³/mol. The number of carbonyl (C=O) groups excluding carboxylic acids is 2. The van der Waals surface area contributed by atoms with Crippen LogP contribution in [-0.4, -0.2) is 43.1 Å². The summed E-state index contributed by atoms with van der Waals surface area (Å²) in [6.07, 6.45) is -0.409. The Bertz CT molecular complexity index is 487. The van der Waals surface area contributed by atoms with Crippen molar-refractivity contribution < 1.29 is 14.3 Å². The van der Waals surface area contributed by atoms with Crippen LogP contribution in [0.5, 0.6) is 0 Å². The van der Waals surface area contributed by atoms with Gasteiger partial charge in [0.05, 0.1) is 6.54 Å². The van der Waals surface area contributed by atoms with E-state index in [1.165, 1.54) is 4.90 Å². The molecule has 1 aromatic carbocycles. The fraction of sp³-hybridized carbons (Fsp3) is 0.429.